The van der Waals surface area contributed by atoms with Crippen LogP contribution in [0.15, 0.2) is 24.3 Å². The van der Waals surface area contributed by atoms with Gasteiger partial charge in [-0.25, -0.2) is 0 Å². The number of benzene rings is 1. The summed E-state index contributed by atoms with van der Waals surface area (Å²) < 4.78 is 5.65. The molecule has 2 rings (SSSR count). The molecule has 3 heteroatoms. The van der Waals surface area contributed by atoms with E-state index in [9.17, 15) is 5.21 Å². The van der Waals surface area contributed by atoms with Gasteiger partial charge in [-0.1, -0.05) is 37.6 Å². The van der Waals surface area contributed by atoms with Gasteiger partial charge in [0.05, 0.1) is 19.3 Å². The van der Waals surface area contributed by atoms with E-state index in [1.165, 1.54) is 23.5 Å². The molecular formula is C14H21NO2. The Balaban J connectivity index is 1.96. The van der Waals surface area contributed by atoms with Gasteiger partial charge in [0.15, 0.2) is 0 Å². The average molecular weight is 235 g/mol. The van der Waals surface area contributed by atoms with Crippen molar-refractivity contribution < 1.29 is 9.94 Å². The van der Waals surface area contributed by atoms with Crippen molar-refractivity contribution in [2.24, 2.45) is 0 Å². The Labute approximate surface area is 103 Å². The van der Waals surface area contributed by atoms with Gasteiger partial charge in [-0.2, -0.15) is 5.06 Å². The molecular weight excluding hydrogens is 214 g/mol. The highest BCUT2D eigenvalue weighted by atomic mass is 16.5. The molecule has 1 saturated heterocycles. The number of hydrogen-bond acceptors (Lipinski definition) is 3. The molecule has 0 radical (unpaired) electrons. The van der Waals surface area contributed by atoms with E-state index in [0.29, 0.717) is 19.7 Å². The zero-order valence-electron chi connectivity index (χ0n) is 10.4. The molecule has 17 heavy (non-hydrogen) atoms. The molecule has 0 spiro atoms. The van der Waals surface area contributed by atoms with Crippen molar-refractivity contribution >= 4 is 0 Å². The van der Waals surface area contributed by atoms with Crippen molar-refractivity contribution in [2.45, 2.75) is 32.3 Å². The second kappa shape index (κ2) is 6.15. The second-order valence-corrected chi connectivity index (χ2v) is 4.62. The fraction of sp³-hybridized carbons (Fsp3) is 0.571. The summed E-state index contributed by atoms with van der Waals surface area (Å²) in [4.78, 5) is 0. The zero-order valence-corrected chi connectivity index (χ0v) is 10.4. The molecule has 1 atom stereocenters. The van der Waals surface area contributed by atoms with Crippen molar-refractivity contribution in [2.75, 3.05) is 19.7 Å². The first kappa shape index (κ1) is 12.6. The smallest absolute Gasteiger partial charge is 0.0975 e. The standard InChI is InChI=1S/C14H21NO2/c1-2-3-4-12-5-7-13(8-6-12)14-11-15(16)9-10-17-14/h5-8,14,16H,2-4,9-11H2,1H3. The number of nitrogens with zero attached hydrogens (tertiary/aromatic N) is 1. The van der Waals surface area contributed by atoms with Gasteiger partial charge in [-0.05, 0) is 24.0 Å². The molecule has 1 unspecified atom stereocenters. The highest BCUT2D eigenvalue weighted by Gasteiger charge is 2.20. The molecule has 0 aromatic heterocycles. The van der Waals surface area contributed by atoms with E-state index in [2.05, 4.69) is 31.2 Å². The molecule has 94 valence electrons. The van der Waals surface area contributed by atoms with E-state index >= 15 is 0 Å². The van der Waals surface area contributed by atoms with Gasteiger partial charge in [0, 0.05) is 6.54 Å². The molecule has 1 heterocycles. The van der Waals surface area contributed by atoms with Gasteiger partial charge in [-0.15, -0.1) is 0 Å². The lowest BCUT2D eigenvalue weighted by Gasteiger charge is -2.28. The molecule has 0 saturated carbocycles. The second-order valence-electron chi connectivity index (χ2n) is 4.62. The molecule has 0 bridgehead atoms. The monoisotopic (exact) mass is 235 g/mol. The topological polar surface area (TPSA) is 32.7 Å². The van der Waals surface area contributed by atoms with Crippen LogP contribution in [0, 0.1) is 0 Å². The Morgan fingerprint density at radius 1 is 1.35 bits per heavy atom. The summed E-state index contributed by atoms with van der Waals surface area (Å²) >= 11 is 0. The Hall–Kier alpha value is -0.900. The predicted octanol–water partition coefficient (Wildman–Crippen LogP) is 2.79. The first-order chi connectivity index (χ1) is 8.29. The first-order valence-electron chi connectivity index (χ1n) is 6.44. The Bertz CT molecular complexity index is 337. The quantitative estimate of drug-likeness (QED) is 0.871. The summed E-state index contributed by atoms with van der Waals surface area (Å²) in [5.74, 6) is 0. The summed E-state index contributed by atoms with van der Waals surface area (Å²) in [7, 11) is 0. The lowest BCUT2D eigenvalue weighted by molar-refractivity contribution is -0.170. The molecule has 1 aliphatic heterocycles. The molecule has 1 aliphatic rings. The predicted molar refractivity (Wildman–Crippen MR) is 67.1 cm³/mol. The van der Waals surface area contributed by atoms with Crippen LogP contribution in [0.1, 0.15) is 37.0 Å². The normalized spacial score (nSPS) is 21.6. The minimum atomic E-state index is 0.00831. The lowest BCUT2D eigenvalue weighted by Crippen LogP contribution is -2.35. The maximum atomic E-state index is 9.46. The van der Waals surface area contributed by atoms with Crippen LogP contribution in [0.5, 0.6) is 0 Å². The van der Waals surface area contributed by atoms with Crippen LogP contribution in [0.2, 0.25) is 0 Å². The molecule has 1 aromatic rings. The Kier molecular flexibility index (Phi) is 4.54. The summed E-state index contributed by atoms with van der Waals surface area (Å²) in [5.41, 5.74) is 2.54. The maximum Gasteiger partial charge on any atom is 0.0975 e. The molecule has 0 aliphatic carbocycles. The van der Waals surface area contributed by atoms with Crippen LogP contribution >= 0.6 is 0 Å². The van der Waals surface area contributed by atoms with Crippen LogP contribution < -0.4 is 0 Å². The van der Waals surface area contributed by atoms with Crippen LogP contribution in [0.25, 0.3) is 0 Å². The van der Waals surface area contributed by atoms with Crippen molar-refractivity contribution in [1.82, 2.24) is 5.06 Å². The number of morpholine rings is 1. The highest BCUT2D eigenvalue weighted by Crippen LogP contribution is 2.22. The fourth-order valence-electron chi connectivity index (χ4n) is 2.12. The first-order valence-corrected chi connectivity index (χ1v) is 6.44. The van der Waals surface area contributed by atoms with Gasteiger partial charge in [0.1, 0.15) is 0 Å². The largest absolute Gasteiger partial charge is 0.371 e. The SMILES string of the molecule is CCCCc1ccc(C2CN(O)CCO2)cc1. The van der Waals surface area contributed by atoms with Crippen LogP contribution in [0.3, 0.4) is 0 Å². The third-order valence-corrected chi connectivity index (χ3v) is 3.22. The number of hydroxylamine groups is 2. The van der Waals surface area contributed by atoms with Crippen molar-refractivity contribution in [3.63, 3.8) is 0 Å². The molecule has 1 fully saturated rings. The van der Waals surface area contributed by atoms with E-state index in [1.54, 1.807) is 0 Å². The van der Waals surface area contributed by atoms with Gasteiger partial charge in [0.2, 0.25) is 0 Å². The Morgan fingerprint density at radius 3 is 2.76 bits per heavy atom. The van der Waals surface area contributed by atoms with E-state index in [4.69, 9.17) is 4.74 Å². The Morgan fingerprint density at radius 2 is 2.12 bits per heavy atom. The number of rotatable bonds is 4. The number of ether oxygens (including phenoxy) is 1. The van der Waals surface area contributed by atoms with Gasteiger partial charge < -0.3 is 9.94 Å². The van der Waals surface area contributed by atoms with E-state index in [1.807, 2.05) is 0 Å². The van der Waals surface area contributed by atoms with Crippen LogP contribution in [0.4, 0.5) is 0 Å². The van der Waals surface area contributed by atoms with Gasteiger partial charge >= 0.3 is 0 Å². The van der Waals surface area contributed by atoms with Crippen molar-refractivity contribution in [3.05, 3.63) is 35.4 Å². The molecule has 1 N–H and O–H groups in total. The minimum absolute atomic E-state index is 0.00831. The van der Waals surface area contributed by atoms with Crippen LogP contribution in [-0.4, -0.2) is 30.0 Å². The minimum Gasteiger partial charge on any atom is -0.371 e. The van der Waals surface area contributed by atoms with E-state index < -0.39 is 0 Å². The number of aryl methyl sites for hydroxylation is 1. The van der Waals surface area contributed by atoms with Crippen molar-refractivity contribution in [3.8, 4) is 0 Å². The molecule has 3 nitrogen and oxygen atoms in total. The third-order valence-electron chi connectivity index (χ3n) is 3.22. The van der Waals surface area contributed by atoms with E-state index in [0.717, 1.165) is 12.0 Å². The highest BCUT2D eigenvalue weighted by molar-refractivity contribution is 5.24. The summed E-state index contributed by atoms with van der Waals surface area (Å²) in [5, 5.41) is 10.8. The van der Waals surface area contributed by atoms with E-state index in [-0.39, 0.29) is 6.10 Å². The maximum absolute atomic E-state index is 9.46. The summed E-state index contributed by atoms with van der Waals surface area (Å²) in [6, 6.07) is 8.58. The summed E-state index contributed by atoms with van der Waals surface area (Å²) in [6.07, 6.45) is 3.62. The summed E-state index contributed by atoms with van der Waals surface area (Å²) in [6.45, 7) is 3.97. The fourth-order valence-corrected chi connectivity index (χ4v) is 2.12. The molecule has 1 aromatic carbocycles. The number of hydrogen-bond donors (Lipinski definition) is 1. The lowest BCUT2D eigenvalue weighted by atomic mass is 10.0. The van der Waals surface area contributed by atoms with Crippen LogP contribution in [-0.2, 0) is 11.2 Å². The zero-order chi connectivity index (χ0) is 12.1. The molecule has 0 amide bonds. The van der Waals surface area contributed by atoms with Gasteiger partial charge in [-0.3, -0.25) is 0 Å². The van der Waals surface area contributed by atoms with Gasteiger partial charge in [0.25, 0.3) is 0 Å². The number of unbranched alkanes of at least 4 members (excludes halogenated alkanes) is 1. The average Bonchev–Trinajstić information content (AvgIpc) is 2.37. The third kappa shape index (κ3) is 3.53. The van der Waals surface area contributed by atoms with Crippen molar-refractivity contribution in [1.29, 1.82) is 0 Å².